The molecule has 4 heteroatoms. The molecule has 1 N–H and O–H groups in total. The Morgan fingerprint density at radius 2 is 2.06 bits per heavy atom. The molecule has 0 spiro atoms. The summed E-state index contributed by atoms with van der Waals surface area (Å²) in [4.78, 5) is 15.8. The van der Waals surface area contributed by atoms with Crippen LogP contribution in [0.15, 0.2) is 30.3 Å². The van der Waals surface area contributed by atoms with Gasteiger partial charge in [0.25, 0.3) is 0 Å². The quantitative estimate of drug-likeness (QED) is 0.717. The lowest BCUT2D eigenvalue weighted by atomic mass is 10.2. The number of nitrogens with zero attached hydrogens (tertiary/aromatic N) is 1. The molecule has 1 aromatic rings. The second-order valence-corrected chi connectivity index (χ2v) is 3.41. The number of rotatable bonds is 7. The van der Waals surface area contributed by atoms with E-state index in [9.17, 15) is 4.79 Å². The Morgan fingerprint density at radius 3 is 2.62 bits per heavy atom. The minimum Gasteiger partial charge on any atom is -0.481 e. The number of carboxylic acid groups (broad SMARTS) is 1. The van der Waals surface area contributed by atoms with Gasteiger partial charge in [0.15, 0.2) is 0 Å². The maximum absolute atomic E-state index is 10.5. The average molecular weight is 223 g/mol. The monoisotopic (exact) mass is 223 g/mol. The van der Waals surface area contributed by atoms with E-state index in [1.165, 1.54) is 0 Å². The molecule has 0 amide bonds. The fraction of sp³-hybridized carbons (Fsp3) is 0.417. The summed E-state index contributed by atoms with van der Waals surface area (Å²) in [7, 11) is 0. The van der Waals surface area contributed by atoms with Crippen LogP contribution in [-0.4, -0.2) is 29.3 Å². The Labute approximate surface area is 95.4 Å². The Kier molecular flexibility index (Phi) is 5.53. The third kappa shape index (κ3) is 4.91. The van der Waals surface area contributed by atoms with Gasteiger partial charge in [-0.3, -0.25) is 9.63 Å². The van der Waals surface area contributed by atoms with Crippen molar-refractivity contribution in [1.82, 2.24) is 5.06 Å². The highest BCUT2D eigenvalue weighted by Crippen LogP contribution is 2.05. The summed E-state index contributed by atoms with van der Waals surface area (Å²) in [5, 5.41) is 10.3. The van der Waals surface area contributed by atoms with Gasteiger partial charge in [-0.15, -0.1) is 0 Å². The molecule has 0 aliphatic rings. The summed E-state index contributed by atoms with van der Waals surface area (Å²) in [6.45, 7) is 3.45. The van der Waals surface area contributed by atoms with Crippen molar-refractivity contribution in [2.75, 3.05) is 13.2 Å². The molecule has 88 valence electrons. The first kappa shape index (κ1) is 12.7. The minimum absolute atomic E-state index is 0.0901. The summed E-state index contributed by atoms with van der Waals surface area (Å²) in [5.74, 6) is -0.808. The highest BCUT2D eigenvalue weighted by molar-refractivity contribution is 5.66. The van der Waals surface area contributed by atoms with E-state index < -0.39 is 5.97 Å². The fourth-order valence-corrected chi connectivity index (χ4v) is 1.38. The van der Waals surface area contributed by atoms with E-state index in [0.29, 0.717) is 19.7 Å². The van der Waals surface area contributed by atoms with Crippen LogP contribution in [0.25, 0.3) is 0 Å². The smallest absolute Gasteiger partial charge is 0.304 e. The first-order valence-corrected chi connectivity index (χ1v) is 5.36. The summed E-state index contributed by atoms with van der Waals surface area (Å²) >= 11 is 0. The normalized spacial score (nSPS) is 10.6. The van der Waals surface area contributed by atoms with Crippen LogP contribution in [0.4, 0.5) is 0 Å². The molecule has 16 heavy (non-hydrogen) atoms. The third-order valence-electron chi connectivity index (χ3n) is 2.09. The SMILES string of the molecule is CCON(CCC(=O)O)Cc1ccccc1. The van der Waals surface area contributed by atoms with Gasteiger partial charge in [-0.1, -0.05) is 30.3 Å². The van der Waals surface area contributed by atoms with Crippen molar-refractivity contribution in [2.45, 2.75) is 19.9 Å². The Morgan fingerprint density at radius 1 is 1.38 bits per heavy atom. The molecule has 1 aromatic carbocycles. The van der Waals surface area contributed by atoms with Crippen LogP contribution in [0, 0.1) is 0 Å². The van der Waals surface area contributed by atoms with Crippen LogP contribution in [-0.2, 0) is 16.2 Å². The van der Waals surface area contributed by atoms with E-state index in [1.807, 2.05) is 37.3 Å². The zero-order valence-electron chi connectivity index (χ0n) is 9.43. The molecule has 0 radical (unpaired) electrons. The first-order valence-electron chi connectivity index (χ1n) is 5.36. The van der Waals surface area contributed by atoms with E-state index in [0.717, 1.165) is 5.56 Å². The van der Waals surface area contributed by atoms with E-state index in [-0.39, 0.29) is 6.42 Å². The highest BCUT2D eigenvalue weighted by Gasteiger charge is 2.07. The minimum atomic E-state index is -0.808. The van der Waals surface area contributed by atoms with Gasteiger partial charge in [0.2, 0.25) is 0 Å². The summed E-state index contributed by atoms with van der Waals surface area (Å²) in [6.07, 6.45) is 0.0901. The largest absolute Gasteiger partial charge is 0.481 e. The van der Waals surface area contributed by atoms with Crippen molar-refractivity contribution < 1.29 is 14.7 Å². The maximum Gasteiger partial charge on any atom is 0.304 e. The second kappa shape index (κ2) is 6.98. The Balaban J connectivity index is 2.47. The average Bonchev–Trinajstić information content (AvgIpc) is 2.27. The van der Waals surface area contributed by atoms with Gasteiger partial charge in [-0.05, 0) is 12.5 Å². The number of benzene rings is 1. The van der Waals surface area contributed by atoms with E-state index >= 15 is 0 Å². The number of hydrogen-bond acceptors (Lipinski definition) is 3. The van der Waals surface area contributed by atoms with Crippen LogP contribution in [0.3, 0.4) is 0 Å². The summed E-state index contributed by atoms with van der Waals surface area (Å²) in [6, 6.07) is 9.85. The fourth-order valence-electron chi connectivity index (χ4n) is 1.38. The Bertz CT molecular complexity index is 313. The van der Waals surface area contributed by atoms with Crippen LogP contribution >= 0.6 is 0 Å². The molecule has 1 rings (SSSR count). The number of hydroxylamine groups is 2. The zero-order valence-corrected chi connectivity index (χ0v) is 9.43. The van der Waals surface area contributed by atoms with E-state index in [2.05, 4.69) is 0 Å². The van der Waals surface area contributed by atoms with Crippen LogP contribution in [0.2, 0.25) is 0 Å². The topological polar surface area (TPSA) is 49.8 Å². The summed E-state index contributed by atoms with van der Waals surface area (Å²) < 4.78 is 0. The lowest BCUT2D eigenvalue weighted by molar-refractivity contribution is -0.168. The van der Waals surface area contributed by atoms with Gasteiger partial charge in [0.05, 0.1) is 13.0 Å². The van der Waals surface area contributed by atoms with Gasteiger partial charge in [-0.2, -0.15) is 5.06 Å². The van der Waals surface area contributed by atoms with Crippen molar-refractivity contribution in [3.63, 3.8) is 0 Å². The predicted molar refractivity (Wildman–Crippen MR) is 60.7 cm³/mol. The lowest BCUT2D eigenvalue weighted by Crippen LogP contribution is -2.26. The molecule has 0 unspecified atom stereocenters. The van der Waals surface area contributed by atoms with Crippen molar-refractivity contribution in [3.05, 3.63) is 35.9 Å². The van der Waals surface area contributed by atoms with Crippen molar-refractivity contribution in [1.29, 1.82) is 0 Å². The molecule has 0 atom stereocenters. The first-order chi connectivity index (χ1) is 7.72. The van der Waals surface area contributed by atoms with Gasteiger partial charge in [-0.25, -0.2) is 0 Å². The van der Waals surface area contributed by atoms with Crippen molar-refractivity contribution in [2.24, 2.45) is 0 Å². The number of hydrogen-bond donors (Lipinski definition) is 1. The van der Waals surface area contributed by atoms with Gasteiger partial charge in [0.1, 0.15) is 0 Å². The molecule has 0 saturated heterocycles. The molecule has 0 bridgehead atoms. The zero-order chi connectivity index (χ0) is 11.8. The molecule has 0 aliphatic carbocycles. The van der Waals surface area contributed by atoms with E-state index in [4.69, 9.17) is 9.94 Å². The van der Waals surface area contributed by atoms with Crippen molar-refractivity contribution >= 4 is 5.97 Å². The highest BCUT2D eigenvalue weighted by atomic mass is 16.7. The molecule has 0 heterocycles. The van der Waals surface area contributed by atoms with Crippen molar-refractivity contribution in [3.8, 4) is 0 Å². The van der Waals surface area contributed by atoms with E-state index in [1.54, 1.807) is 5.06 Å². The third-order valence-corrected chi connectivity index (χ3v) is 2.09. The molecule has 0 fully saturated rings. The Hall–Kier alpha value is -1.39. The lowest BCUT2D eigenvalue weighted by Gasteiger charge is -2.20. The summed E-state index contributed by atoms with van der Waals surface area (Å²) in [5.41, 5.74) is 1.11. The maximum atomic E-state index is 10.5. The van der Waals surface area contributed by atoms with Crippen LogP contribution < -0.4 is 0 Å². The number of carbonyl (C=O) groups is 1. The molecule has 0 aliphatic heterocycles. The standard InChI is InChI=1S/C12H17NO3/c1-2-16-13(9-8-12(14)15)10-11-6-4-3-5-7-11/h3-7H,2,8-10H2,1H3,(H,14,15). The van der Waals surface area contributed by atoms with Crippen LogP contribution in [0.1, 0.15) is 18.9 Å². The van der Waals surface area contributed by atoms with Gasteiger partial charge < -0.3 is 5.11 Å². The second-order valence-electron chi connectivity index (χ2n) is 3.41. The molecule has 0 aromatic heterocycles. The predicted octanol–water partition coefficient (Wildman–Crippen LogP) is 1.91. The number of aliphatic carboxylic acids is 1. The molecule has 4 nitrogen and oxygen atoms in total. The van der Waals surface area contributed by atoms with Crippen LogP contribution in [0.5, 0.6) is 0 Å². The van der Waals surface area contributed by atoms with Gasteiger partial charge >= 0.3 is 5.97 Å². The molecular formula is C12H17NO3. The number of carboxylic acids is 1. The molecule has 0 saturated carbocycles. The van der Waals surface area contributed by atoms with Gasteiger partial charge in [0, 0.05) is 13.1 Å². The molecular weight excluding hydrogens is 206 g/mol.